The van der Waals surface area contributed by atoms with E-state index < -0.39 is 0 Å². The zero-order valence-corrected chi connectivity index (χ0v) is 13.3. The summed E-state index contributed by atoms with van der Waals surface area (Å²) in [4.78, 5) is 16.6. The first kappa shape index (κ1) is 15.4. The van der Waals surface area contributed by atoms with E-state index in [1.165, 1.54) is 5.69 Å². The lowest BCUT2D eigenvalue weighted by atomic mass is 10.2. The van der Waals surface area contributed by atoms with Crippen LogP contribution in [-0.2, 0) is 4.79 Å². The number of hydrogen-bond acceptors (Lipinski definition) is 3. The third kappa shape index (κ3) is 4.25. The van der Waals surface area contributed by atoms with E-state index in [1.807, 2.05) is 41.3 Å². The van der Waals surface area contributed by atoms with Gasteiger partial charge in [0.2, 0.25) is 5.91 Å². The molecule has 0 saturated carbocycles. The number of amides is 1. The van der Waals surface area contributed by atoms with Gasteiger partial charge >= 0.3 is 0 Å². The number of nitrogens with one attached hydrogen (secondary N) is 1. The van der Waals surface area contributed by atoms with Crippen LogP contribution in [0, 0.1) is 0 Å². The Balaban J connectivity index is 1.41. The standard InChI is InChI=1S/C19H23N3O/c23-19(11-12-20-17-7-3-1-4-8-17)22-15-13-21(14-16-22)18-9-5-2-6-10-18/h1-10,20H,11-16H2. The van der Waals surface area contributed by atoms with E-state index in [4.69, 9.17) is 0 Å². The van der Waals surface area contributed by atoms with Crippen molar-refractivity contribution in [3.05, 3.63) is 60.7 Å². The molecule has 0 unspecified atom stereocenters. The summed E-state index contributed by atoms with van der Waals surface area (Å²) in [5.74, 6) is 0.237. The molecule has 0 aliphatic carbocycles. The number of nitrogens with zero attached hydrogens (tertiary/aromatic N) is 2. The number of rotatable bonds is 5. The van der Waals surface area contributed by atoms with Crippen LogP contribution in [0.1, 0.15) is 6.42 Å². The van der Waals surface area contributed by atoms with E-state index in [0.29, 0.717) is 13.0 Å². The topological polar surface area (TPSA) is 35.6 Å². The van der Waals surface area contributed by atoms with E-state index >= 15 is 0 Å². The van der Waals surface area contributed by atoms with Gasteiger partial charge in [-0.25, -0.2) is 0 Å². The Labute approximate surface area is 137 Å². The molecule has 3 rings (SSSR count). The summed E-state index contributed by atoms with van der Waals surface area (Å²) in [7, 11) is 0. The van der Waals surface area contributed by atoms with E-state index in [0.717, 1.165) is 31.9 Å². The fourth-order valence-electron chi connectivity index (χ4n) is 2.88. The highest BCUT2D eigenvalue weighted by Crippen LogP contribution is 2.16. The molecule has 4 heteroatoms. The van der Waals surface area contributed by atoms with Gasteiger partial charge in [0.1, 0.15) is 0 Å². The van der Waals surface area contributed by atoms with Gasteiger partial charge in [0.05, 0.1) is 0 Å². The van der Waals surface area contributed by atoms with E-state index in [2.05, 4.69) is 34.5 Å². The second kappa shape index (κ2) is 7.68. The molecule has 0 bridgehead atoms. The normalized spacial score (nSPS) is 14.6. The smallest absolute Gasteiger partial charge is 0.224 e. The molecule has 2 aromatic rings. The van der Waals surface area contributed by atoms with Gasteiger partial charge in [-0.15, -0.1) is 0 Å². The first-order chi connectivity index (χ1) is 11.3. The van der Waals surface area contributed by atoms with Crippen molar-refractivity contribution in [2.45, 2.75) is 6.42 Å². The Morgan fingerprint density at radius 2 is 1.48 bits per heavy atom. The molecule has 1 amide bonds. The fourth-order valence-corrected chi connectivity index (χ4v) is 2.88. The summed E-state index contributed by atoms with van der Waals surface area (Å²) in [6.45, 7) is 4.10. The highest BCUT2D eigenvalue weighted by molar-refractivity contribution is 5.77. The van der Waals surface area contributed by atoms with Crippen molar-refractivity contribution in [3.8, 4) is 0 Å². The Morgan fingerprint density at radius 1 is 0.870 bits per heavy atom. The van der Waals surface area contributed by atoms with Crippen molar-refractivity contribution in [2.75, 3.05) is 42.9 Å². The SMILES string of the molecule is O=C(CCNc1ccccc1)N1CCN(c2ccccc2)CC1. The van der Waals surface area contributed by atoms with Gasteiger partial charge in [-0.05, 0) is 24.3 Å². The molecule has 1 fully saturated rings. The molecule has 1 aliphatic heterocycles. The summed E-state index contributed by atoms with van der Waals surface area (Å²) >= 11 is 0. The van der Waals surface area contributed by atoms with Crippen molar-refractivity contribution in [1.82, 2.24) is 4.90 Å². The first-order valence-corrected chi connectivity index (χ1v) is 8.19. The van der Waals surface area contributed by atoms with Crippen molar-refractivity contribution in [3.63, 3.8) is 0 Å². The number of hydrogen-bond donors (Lipinski definition) is 1. The van der Waals surface area contributed by atoms with E-state index in [1.54, 1.807) is 0 Å². The first-order valence-electron chi connectivity index (χ1n) is 8.19. The molecule has 120 valence electrons. The van der Waals surface area contributed by atoms with Crippen LogP contribution in [0.5, 0.6) is 0 Å². The minimum atomic E-state index is 0.237. The molecular formula is C19H23N3O. The van der Waals surface area contributed by atoms with Crippen LogP contribution in [0.15, 0.2) is 60.7 Å². The zero-order valence-electron chi connectivity index (χ0n) is 13.3. The lowest BCUT2D eigenvalue weighted by molar-refractivity contribution is -0.131. The van der Waals surface area contributed by atoms with Crippen molar-refractivity contribution < 1.29 is 4.79 Å². The Morgan fingerprint density at radius 3 is 2.13 bits per heavy atom. The highest BCUT2D eigenvalue weighted by Gasteiger charge is 2.20. The maximum atomic E-state index is 12.3. The third-order valence-corrected chi connectivity index (χ3v) is 4.20. The number of benzene rings is 2. The monoisotopic (exact) mass is 309 g/mol. The predicted molar refractivity (Wildman–Crippen MR) is 94.8 cm³/mol. The van der Waals surface area contributed by atoms with Crippen LogP contribution in [0.4, 0.5) is 11.4 Å². The van der Waals surface area contributed by atoms with Gasteiger partial charge < -0.3 is 15.1 Å². The zero-order chi connectivity index (χ0) is 15.9. The van der Waals surface area contributed by atoms with Crippen LogP contribution in [0.2, 0.25) is 0 Å². The molecular weight excluding hydrogens is 286 g/mol. The second-order valence-electron chi connectivity index (χ2n) is 5.75. The molecule has 1 aliphatic rings. The molecule has 4 nitrogen and oxygen atoms in total. The maximum Gasteiger partial charge on any atom is 0.224 e. The van der Waals surface area contributed by atoms with Gasteiger partial charge in [-0.2, -0.15) is 0 Å². The summed E-state index contributed by atoms with van der Waals surface area (Å²) in [6.07, 6.45) is 0.542. The average molecular weight is 309 g/mol. The molecule has 2 aromatic carbocycles. The number of anilines is 2. The lowest BCUT2D eigenvalue weighted by Crippen LogP contribution is -2.49. The molecule has 1 N–H and O–H groups in total. The van der Waals surface area contributed by atoms with Gasteiger partial charge in [0.25, 0.3) is 0 Å². The summed E-state index contributed by atoms with van der Waals surface area (Å²) in [5, 5.41) is 3.29. The van der Waals surface area contributed by atoms with Crippen LogP contribution >= 0.6 is 0 Å². The van der Waals surface area contributed by atoms with Crippen LogP contribution in [0.25, 0.3) is 0 Å². The average Bonchev–Trinajstić information content (AvgIpc) is 2.63. The van der Waals surface area contributed by atoms with Gasteiger partial charge in [0.15, 0.2) is 0 Å². The molecule has 1 saturated heterocycles. The number of para-hydroxylation sites is 2. The van der Waals surface area contributed by atoms with Crippen molar-refractivity contribution in [1.29, 1.82) is 0 Å². The third-order valence-electron chi connectivity index (χ3n) is 4.20. The molecule has 0 atom stereocenters. The minimum absolute atomic E-state index is 0.237. The largest absolute Gasteiger partial charge is 0.385 e. The number of piperazine rings is 1. The van der Waals surface area contributed by atoms with Gasteiger partial charge in [-0.1, -0.05) is 36.4 Å². The van der Waals surface area contributed by atoms with Gasteiger partial charge in [0, 0.05) is 50.5 Å². The molecule has 0 aromatic heterocycles. The van der Waals surface area contributed by atoms with E-state index in [-0.39, 0.29) is 5.91 Å². The van der Waals surface area contributed by atoms with Crippen LogP contribution < -0.4 is 10.2 Å². The quantitative estimate of drug-likeness (QED) is 0.922. The molecule has 0 spiro atoms. The van der Waals surface area contributed by atoms with Crippen molar-refractivity contribution >= 4 is 17.3 Å². The Bertz CT molecular complexity index is 607. The van der Waals surface area contributed by atoms with E-state index in [9.17, 15) is 4.79 Å². The highest BCUT2D eigenvalue weighted by atomic mass is 16.2. The molecule has 1 heterocycles. The number of carbonyl (C=O) groups is 1. The second-order valence-corrected chi connectivity index (χ2v) is 5.75. The summed E-state index contributed by atoms with van der Waals surface area (Å²) in [5.41, 5.74) is 2.31. The maximum absolute atomic E-state index is 12.3. The van der Waals surface area contributed by atoms with Crippen LogP contribution in [0.3, 0.4) is 0 Å². The predicted octanol–water partition coefficient (Wildman–Crippen LogP) is 2.84. The Hall–Kier alpha value is -2.49. The van der Waals surface area contributed by atoms with Crippen LogP contribution in [-0.4, -0.2) is 43.5 Å². The summed E-state index contributed by atoms with van der Waals surface area (Å²) in [6, 6.07) is 20.4. The lowest BCUT2D eigenvalue weighted by Gasteiger charge is -2.36. The minimum Gasteiger partial charge on any atom is -0.385 e. The van der Waals surface area contributed by atoms with Crippen molar-refractivity contribution in [2.24, 2.45) is 0 Å². The van der Waals surface area contributed by atoms with Gasteiger partial charge in [-0.3, -0.25) is 4.79 Å². The molecule has 23 heavy (non-hydrogen) atoms. The number of carbonyl (C=O) groups excluding carboxylic acids is 1. The molecule has 0 radical (unpaired) electrons. The Kier molecular flexibility index (Phi) is 5.14. The fraction of sp³-hybridized carbons (Fsp3) is 0.316. The summed E-state index contributed by atoms with van der Waals surface area (Å²) < 4.78 is 0.